The second kappa shape index (κ2) is 8.08. The zero-order valence-electron chi connectivity index (χ0n) is 11.1. The second-order valence-electron chi connectivity index (χ2n) is 4.01. The van der Waals surface area contributed by atoms with Crippen LogP contribution in [0.4, 0.5) is 0 Å². The summed E-state index contributed by atoms with van der Waals surface area (Å²) >= 11 is 0. The van der Waals surface area contributed by atoms with Gasteiger partial charge in [0.2, 0.25) is 0 Å². The van der Waals surface area contributed by atoms with Crippen LogP contribution in [-0.4, -0.2) is 25.0 Å². The maximum absolute atomic E-state index is 11.1. The van der Waals surface area contributed by atoms with Crippen LogP contribution in [0.25, 0.3) is 0 Å². The number of esters is 1. The summed E-state index contributed by atoms with van der Waals surface area (Å²) in [5, 5.41) is 0. The van der Waals surface area contributed by atoms with Gasteiger partial charge < -0.3 is 9.47 Å². The summed E-state index contributed by atoms with van der Waals surface area (Å²) in [6, 6.07) is 7.02. The Hall–Kier alpha value is -2.10. The minimum atomic E-state index is -0.402. The Morgan fingerprint density at radius 1 is 1.16 bits per heavy atom. The van der Waals surface area contributed by atoms with Crippen molar-refractivity contribution in [3.63, 3.8) is 0 Å². The molecule has 0 atom stereocenters. The number of carbonyl (C=O) groups excluding carboxylic acids is 2. The van der Waals surface area contributed by atoms with Gasteiger partial charge in [0.1, 0.15) is 5.75 Å². The molecule has 0 fully saturated rings. The van der Waals surface area contributed by atoms with Crippen LogP contribution in [0.2, 0.25) is 0 Å². The lowest BCUT2D eigenvalue weighted by molar-refractivity contribution is -0.137. The highest BCUT2D eigenvalue weighted by atomic mass is 16.5. The molecule has 0 bridgehead atoms. The van der Waals surface area contributed by atoms with Crippen LogP contribution in [0.3, 0.4) is 0 Å². The zero-order chi connectivity index (χ0) is 14.1. The smallest absolute Gasteiger partial charge is 0.330 e. The Bertz CT molecular complexity index is 434. The average molecular weight is 262 g/mol. The van der Waals surface area contributed by atoms with Gasteiger partial charge in [-0.3, -0.25) is 4.79 Å². The van der Waals surface area contributed by atoms with Crippen molar-refractivity contribution < 1.29 is 19.1 Å². The van der Waals surface area contributed by atoms with Gasteiger partial charge >= 0.3 is 5.97 Å². The van der Waals surface area contributed by atoms with Gasteiger partial charge in [0.25, 0.3) is 0 Å². The first-order valence-electron chi connectivity index (χ1n) is 6.16. The molecule has 1 aromatic carbocycles. The van der Waals surface area contributed by atoms with Crippen molar-refractivity contribution in [1.82, 2.24) is 0 Å². The highest BCUT2D eigenvalue weighted by Crippen LogP contribution is 2.13. The van der Waals surface area contributed by atoms with E-state index in [0.29, 0.717) is 18.8 Å². The summed E-state index contributed by atoms with van der Waals surface area (Å²) in [6.07, 6.45) is 2.68. The van der Waals surface area contributed by atoms with Crippen molar-refractivity contribution in [3.8, 4) is 5.75 Å². The molecule has 0 aliphatic rings. The molecule has 0 saturated heterocycles. The van der Waals surface area contributed by atoms with Crippen molar-refractivity contribution in [2.24, 2.45) is 0 Å². The molecule has 102 valence electrons. The molecule has 0 saturated carbocycles. The van der Waals surface area contributed by atoms with Gasteiger partial charge in [0.05, 0.1) is 13.2 Å². The Balaban J connectivity index is 2.17. The molecule has 19 heavy (non-hydrogen) atoms. The molecule has 1 rings (SSSR count). The van der Waals surface area contributed by atoms with Crippen molar-refractivity contribution in [3.05, 3.63) is 42.5 Å². The average Bonchev–Trinajstić information content (AvgIpc) is 2.42. The normalized spacial score (nSPS) is 9.74. The summed E-state index contributed by atoms with van der Waals surface area (Å²) in [5.74, 6) is 0.365. The van der Waals surface area contributed by atoms with Crippen LogP contribution < -0.4 is 4.74 Å². The molecule has 1 aromatic rings. The van der Waals surface area contributed by atoms with Crippen LogP contribution in [0.1, 0.15) is 30.1 Å². The van der Waals surface area contributed by atoms with Crippen LogP contribution in [0.15, 0.2) is 36.9 Å². The molecule has 4 nitrogen and oxygen atoms in total. The topological polar surface area (TPSA) is 52.6 Å². The number of ketones is 1. The number of rotatable bonds is 8. The number of benzene rings is 1. The summed E-state index contributed by atoms with van der Waals surface area (Å²) in [6.45, 7) is 5.76. The van der Waals surface area contributed by atoms with Crippen molar-refractivity contribution in [2.75, 3.05) is 13.2 Å². The minimum Gasteiger partial charge on any atom is -0.494 e. The summed E-state index contributed by atoms with van der Waals surface area (Å²) < 4.78 is 10.3. The molecule has 0 N–H and O–H groups in total. The second-order valence-corrected chi connectivity index (χ2v) is 4.01. The van der Waals surface area contributed by atoms with Crippen LogP contribution in [-0.2, 0) is 9.53 Å². The molecule has 0 aliphatic carbocycles. The van der Waals surface area contributed by atoms with Crippen LogP contribution in [0, 0.1) is 0 Å². The molecule has 0 heterocycles. The first-order chi connectivity index (χ1) is 9.13. The first-order valence-corrected chi connectivity index (χ1v) is 6.16. The van der Waals surface area contributed by atoms with E-state index >= 15 is 0 Å². The fourth-order valence-corrected chi connectivity index (χ4v) is 1.41. The van der Waals surface area contributed by atoms with Crippen molar-refractivity contribution in [1.29, 1.82) is 0 Å². The van der Waals surface area contributed by atoms with Gasteiger partial charge in [-0.25, -0.2) is 4.79 Å². The van der Waals surface area contributed by atoms with Crippen molar-refractivity contribution >= 4 is 11.8 Å². The zero-order valence-corrected chi connectivity index (χ0v) is 11.1. The van der Waals surface area contributed by atoms with E-state index in [1.54, 1.807) is 24.3 Å². The third kappa shape index (κ3) is 5.86. The van der Waals surface area contributed by atoms with Gasteiger partial charge in [-0.15, -0.1) is 0 Å². The maximum Gasteiger partial charge on any atom is 0.330 e. The Labute approximate surface area is 113 Å². The first kappa shape index (κ1) is 15.0. The lowest BCUT2D eigenvalue weighted by atomic mass is 10.1. The SMILES string of the molecule is C=CC(=O)OCCCCOc1ccc(C(C)=O)cc1. The quantitative estimate of drug-likeness (QED) is 0.313. The lowest BCUT2D eigenvalue weighted by Gasteiger charge is -2.06. The lowest BCUT2D eigenvalue weighted by Crippen LogP contribution is -2.04. The predicted octanol–water partition coefficient (Wildman–Crippen LogP) is 2.78. The summed E-state index contributed by atoms with van der Waals surface area (Å²) in [7, 11) is 0. The highest BCUT2D eigenvalue weighted by Gasteiger charge is 2.00. The standard InChI is InChI=1S/C15H18O4/c1-3-15(17)19-11-5-4-10-18-14-8-6-13(7-9-14)12(2)16/h3,6-9H,1,4-5,10-11H2,2H3. The third-order valence-electron chi connectivity index (χ3n) is 2.48. The summed E-state index contributed by atoms with van der Waals surface area (Å²) in [4.78, 5) is 21.8. The van der Waals surface area contributed by atoms with E-state index in [1.807, 2.05) is 0 Å². The van der Waals surface area contributed by atoms with Crippen LogP contribution >= 0.6 is 0 Å². The van der Waals surface area contributed by atoms with E-state index in [1.165, 1.54) is 6.92 Å². The van der Waals surface area contributed by atoms with Gasteiger partial charge in [-0.1, -0.05) is 6.58 Å². The number of carbonyl (C=O) groups is 2. The largest absolute Gasteiger partial charge is 0.494 e. The van der Waals surface area contributed by atoms with Gasteiger partial charge in [0, 0.05) is 11.6 Å². The molecule has 4 heteroatoms. The number of ether oxygens (including phenoxy) is 2. The minimum absolute atomic E-state index is 0.0376. The molecule has 0 amide bonds. The Morgan fingerprint density at radius 2 is 1.79 bits per heavy atom. The molecule has 0 aromatic heterocycles. The Morgan fingerprint density at radius 3 is 2.37 bits per heavy atom. The molecule has 0 aliphatic heterocycles. The van der Waals surface area contributed by atoms with E-state index in [4.69, 9.17) is 9.47 Å². The predicted molar refractivity (Wildman–Crippen MR) is 72.3 cm³/mol. The van der Waals surface area contributed by atoms with Gasteiger partial charge in [0.15, 0.2) is 5.78 Å². The molecular weight excluding hydrogens is 244 g/mol. The van der Waals surface area contributed by atoms with E-state index in [-0.39, 0.29) is 5.78 Å². The molecular formula is C15H18O4. The van der Waals surface area contributed by atoms with Crippen molar-refractivity contribution in [2.45, 2.75) is 19.8 Å². The van der Waals surface area contributed by atoms with E-state index < -0.39 is 5.97 Å². The number of hydrogen-bond acceptors (Lipinski definition) is 4. The summed E-state index contributed by atoms with van der Waals surface area (Å²) in [5.41, 5.74) is 0.670. The third-order valence-corrected chi connectivity index (χ3v) is 2.48. The number of unbranched alkanes of at least 4 members (excludes halogenated alkanes) is 1. The fraction of sp³-hybridized carbons (Fsp3) is 0.333. The maximum atomic E-state index is 11.1. The Kier molecular flexibility index (Phi) is 6.36. The highest BCUT2D eigenvalue weighted by molar-refractivity contribution is 5.94. The molecule has 0 radical (unpaired) electrons. The monoisotopic (exact) mass is 262 g/mol. The van der Waals surface area contributed by atoms with E-state index in [2.05, 4.69) is 6.58 Å². The molecule has 0 spiro atoms. The van der Waals surface area contributed by atoms with E-state index in [9.17, 15) is 9.59 Å². The number of hydrogen-bond donors (Lipinski definition) is 0. The molecule has 0 unspecified atom stereocenters. The fourth-order valence-electron chi connectivity index (χ4n) is 1.41. The number of Topliss-reactive ketones (excluding diaryl/α,β-unsaturated/α-hetero) is 1. The van der Waals surface area contributed by atoms with E-state index in [0.717, 1.165) is 24.7 Å². The van der Waals surface area contributed by atoms with Gasteiger partial charge in [-0.05, 0) is 44.0 Å². The van der Waals surface area contributed by atoms with Gasteiger partial charge in [-0.2, -0.15) is 0 Å². The van der Waals surface area contributed by atoms with Crippen LogP contribution in [0.5, 0.6) is 5.75 Å².